The van der Waals surface area contributed by atoms with Crippen LogP contribution in [-0.2, 0) is 4.79 Å². The van der Waals surface area contributed by atoms with Gasteiger partial charge >= 0.3 is 0 Å². The minimum Gasteiger partial charge on any atom is -0.394 e. The van der Waals surface area contributed by atoms with Crippen LogP contribution in [0.5, 0.6) is 0 Å². The van der Waals surface area contributed by atoms with Crippen LogP contribution in [0.3, 0.4) is 0 Å². The number of ketones is 1. The Morgan fingerprint density at radius 2 is 2.08 bits per heavy atom. The van der Waals surface area contributed by atoms with Crippen molar-refractivity contribution < 1.29 is 9.90 Å². The first-order valence-corrected chi connectivity index (χ1v) is 4.23. The molecule has 0 amide bonds. The number of aliphatic hydroxyl groups is 1. The Balaban J connectivity index is 4.03. The minimum atomic E-state index is -0.0376. The zero-order valence-corrected chi connectivity index (χ0v) is 8.00. The topological polar surface area (TPSA) is 49.7 Å². The van der Waals surface area contributed by atoms with E-state index in [2.05, 4.69) is 4.99 Å². The van der Waals surface area contributed by atoms with Gasteiger partial charge < -0.3 is 5.11 Å². The van der Waals surface area contributed by atoms with Gasteiger partial charge in [0.05, 0.1) is 12.6 Å². The molecule has 70 valence electrons. The van der Waals surface area contributed by atoms with Gasteiger partial charge in [-0.3, -0.25) is 9.79 Å². The average molecular weight is 171 g/mol. The number of carbonyl (C=O) groups excluding carboxylic acids is 1. The molecule has 0 aromatic rings. The summed E-state index contributed by atoms with van der Waals surface area (Å²) in [6.07, 6.45) is 1.21. The lowest BCUT2D eigenvalue weighted by atomic mass is 10.2. The van der Waals surface area contributed by atoms with Gasteiger partial charge in [-0.25, -0.2) is 0 Å². The highest BCUT2D eigenvalue weighted by atomic mass is 16.3. The van der Waals surface area contributed by atoms with Gasteiger partial charge in [0.25, 0.3) is 0 Å². The van der Waals surface area contributed by atoms with E-state index in [1.807, 2.05) is 13.8 Å². The number of Topliss-reactive ketones (excluding diaryl/α,β-unsaturated/α-hetero) is 1. The molecule has 3 nitrogen and oxygen atoms in total. The van der Waals surface area contributed by atoms with Crippen molar-refractivity contribution in [2.45, 2.75) is 39.7 Å². The minimum absolute atomic E-state index is 0.0376. The van der Waals surface area contributed by atoms with Gasteiger partial charge in [-0.1, -0.05) is 6.92 Å². The molecule has 0 aliphatic rings. The lowest BCUT2D eigenvalue weighted by Gasteiger charge is -2.06. The van der Waals surface area contributed by atoms with Gasteiger partial charge in [0.2, 0.25) is 0 Å². The number of hydrogen-bond donors (Lipinski definition) is 1. The van der Waals surface area contributed by atoms with Crippen molar-refractivity contribution in [3.63, 3.8) is 0 Å². The van der Waals surface area contributed by atoms with Crippen LogP contribution in [0.15, 0.2) is 4.99 Å². The second-order valence-electron chi connectivity index (χ2n) is 2.99. The Hall–Kier alpha value is -0.700. The molecule has 0 aromatic carbocycles. The number of aliphatic imine (C=N–C) groups is 1. The summed E-state index contributed by atoms with van der Waals surface area (Å²) in [5, 5.41) is 8.82. The summed E-state index contributed by atoms with van der Waals surface area (Å²) >= 11 is 0. The molecule has 1 N–H and O–H groups in total. The van der Waals surface area contributed by atoms with E-state index in [4.69, 9.17) is 5.11 Å². The lowest BCUT2D eigenvalue weighted by molar-refractivity contribution is -0.115. The van der Waals surface area contributed by atoms with E-state index < -0.39 is 0 Å². The fourth-order valence-electron chi connectivity index (χ4n) is 0.979. The summed E-state index contributed by atoms with van der Waals surface area (Å²) in [7, 11) is 0. The maximum Gasteiger partial charge on any atom is 0.135 e. The highest BCUT2D eigenvalue weighted by molar-refractivity contribution is 5.99. The molecule has 1 unspecified atom stereocenters. The van der Waals surface area contributed by atoms with Gasteiger partial charge in [0.15, 0.2) is 0 Å². The maximum atomic E-state index is 10.7. The SMILES string of the molecule is CCC(CO)/N=C(\C)CC(C)=O. The standard InChI is InChI=1S/C9H17NO2/c1-4-9(6-11)10-7(2)5-8(3)12/h9,11H,4-6H2,1-3H3/b10-7+. The van der Waals surface area contributed by atoms with Crippen molar-refractivity contribution in [3.8, 4) is 0 Å². The Morgan fingerprint density at radius 1 is 1.50 bits per heavy atom. The fraction of sp³-hybridized carbons (Fsp3) is 0.778. The van der Waals surface area contributed by atoms with Gasteiger partial charge in [-0.15, -0.1) is 0 Å². The molecule has 1 atom stereocenters. The van der Waals surface area contributed by atoms with Gasteiger partial charge in [0.1, 0.15) is 5.78 Å². The Bertz CT molecular complexity index is 171. The largest absolute Gasteiger partial charge is 0.394 e. The van der Waals surface area contributed by atoms with Crippen LogP contribution in [0, 0.1) is 0 Å². The average Bonchev–Trinajstić information content (AvgIpc) is 1.98. The zero-order chi connectivity index (χ0) is 9.56. The number of nitrogens with zero attached hydrogens (tertiary/aromatic N) is 1. The van der Waals surface area contributed by atoms with E-state index >= 15 is 0 Å². The van der Waals surface area contributed by atoms with Crippen LogP contribution < -0.4 is 0 Å². The van der Waals surface area contributed by atoms with Gasteiger partial charge in [-0.2, -0.15) is 0 Å². The van der Waals surface area contributed by atoms with Crippen molar-refractivity contribution in [2.75, 3.05) is 6.61 Å². The Labute approximate surface area is 73.5 Å². The molecule has 0 bridgehead atoms. The second-order valence-corrected chi connectivity index (χ2v) is 2.99. The van der Waals surface area contributed by atoms with Gasteiger partial charge in [-0.05, 0) is 20.3 Å². The number of hydrogen-bond acceptors (Lipinski definition) is 3. The lowest BCUT2D eigenvalue weighted by Crippen LogP contribution is -2.12. The fourth-order valence-corrected chi connectivity index (χ4v) is 0.979. The van der Waals surface area contributed by atoms with Crippen LogP contribution in [-0.4, -0.2) is 29.3 Å². The first-order chi connectivity index (χ1) is 5.60. The normalized spacial score (nSPS) is 14.5. The summed E-state index contributed by atoms with van der Waals surface area (Å²) in [4.78, 5) is 14.9. The third-order valence-corrected chi connectivity index (χ3v) is 1.59. The predicted octanol–water partition coefficient (Wildman–Crippen LogP) is 1.20. The molecule has 0 radical (unpaired) electrons. The first-order valence-electron chi connectivity index (χ1n) is 4.23. The summed E-state index contributed by atoms with van der Waals surface area (Å²) in [5.74, 6) is 0.115. The van der Waals surface area contributed by atoms with Crippen molar-refractivity contribution in [3.05, 3.63) is 0 Å². The number of rotatable bonds is 5. The molecule has 0 saturated carbocycles. The molecule has 0 rings (SSSR count). The molecule has 3 heteroatoms. The van der Waals surface area contributed by atoms with E-state index in [0.717, 1.165) is 12.1 Å². The van der Waals surface area contributed by atoms with Crippen LogP contribution in [0.25, 0.3) is 0 Å². The summed E-state index contributed by atoms with van der Waals surface area (Å²) in [6, 6.07) is -0.0376. The predicted molar refractivity (Wildman–Crippen MR) is 49.6 cm³/mol. The summed E-state index contributed by atoms with van der Waals surface area (Å²) in [5.41, 5.74) is 0.809. The molecule has 0 aromatic heterocycles. The molecule has 0 aliphatic heterocycles. The smallest absolute Gasteiger partial charge is 0.135 e. The first kappa shape index (κ1) is 11.3. The molecule has 0 saturated heterocycles. The molecule has 12 heavy (non-hydrogen) atoms. The Morgan fingerprint density at radius 3 is 2.42 bits per heavy atom. The van der Waals surface area contributed by atoms with E-state index in [9.17, 15) is 4.79 Å². The van der Waals surface area contributed by atoms with Crippen molar-refractivity contribution in [1.82, 2.24) is 0 Å². The summed E-state index contributed by atoms with van der Waals surface area (Å²) < 4.78 is 0. The van der Waals surface area contributed by atoms with Crippen molar-refractivity contribution in [2.24, 2.45) is 4.99 Å². The number of aliphatic hydroxyl groups excluding tert-OH is 1. The van der Waals surface area contributed by atoms with E-state index in [0.29, 0.717) is 6.42 Å². The zero-order valence-electron chi connectivity index (χ0n) is 8.00. The highest BCUT2D eigenvalue weighted by Crippen LogP contribution is 1.98. The molecule has 0 spiro atoms. The monoisotopic (exact) mass is 171 g/mol. The van der Waals surface area contributed by atoms with Crippen molar-refractivity contribution in [1.29, 1.82) is 0 Å². The van der Waals surface area contributed by atoms with E-state index in [1.54, 1.807) is 6.92 Å². The highest BCUT2D eigenvalue weighted by Gasteiger charge is 2.03. The quantitative estimate of drug-likeness (QED) is 0.632. The van der Waals surface area contributed by atoms with E-state index in [-0.39, 0.29) is 18.4 Å². The summed E-state index contributed by atoms with van der Waals surface area (Å²) in [6.45, 7) is 5.38. The second kappa shape index (κ2) is 5.89. The van der Waals surface area contributed by atoms with Crippen LogP contribution in [0.2, 0.25) is 0 Å². The third-order valence-electron chi connectivity index (χ3n) is 1.59. The third kappa shape index (κ3) is 5.02. The molecular weight excluding hydrogens is 154 g/mol. The van der Waals surface area contributed by atoms with Crippen LogP contribution in [0.1, 0.15) is 33.6 Å². The Kier molecular flexibility index (Phi) is 5.54. The van der Waals surface area contributed by atoms with Crippen molar-refractivity contribution >= 4 is 11.5 Å². The number of carbonyl (C=O) groups is 1. The maximum absolute atomic E-state index is 10.7. The molecule has 0 fully saturated rings. The molecular formula is C9H17NO2. The van der Waals surface area contributed by atoms with E-state index in [1.165, 1.54) is 0 Å². The van der Waals surface area contributed by atoms with Crippen LogP contribution in [0.4, 0.5) is 0 Å². The van der Waals surface area contributed by atoms with Crippen LogP contribution >= 0.6 is 0 Å². The van der Waals surface area contributed by atoms with Gasteiger partial charge in [0, 0.05) is 12.1 Å². The molecule has 0 aliphatic carbocycles. The molecule has 0 heterocycles.